The predicted molar refractivity (Wildman–Crippen MR) is 108 cm³/mol. The van der Waals surface area contributed by atoms with Crippen molar-refractivity contribution in [3.05, 3.63) is 83.9 Å². The van der Waals surface area contributed by atoms with Crippen LogP contribution in [0.5, 0.6) is 11.5 Å². The molecule has 5 nitrogen and oxygen atoms in total. The molecule has 0 aliphatic carbocycles. The molecule has 28 heavy (non-hydrogen) atoms. The number of nitrogens with zero attached hydrogens (tertiary/aromatic N) is 1. The molecule has 2 amide bonds. The number of amides is 2. The molecule has 1 aliphatic rings. The van der Waals surface area contributed by atoms with E-state index in [2.05, 4.69) is 5.43 Å². The summed E-state index contributed by atoms with van der Waals surface area (Å²) in [5.41, 5.74) is 3.62. The van der Waals surface area contributed by atoms with Crippen LogP contribution in [0.15, 0.2) is 72.8 Å². The molecule has 0 fully saturated rings. The SMILES string of the molecule is CNN1C(=O)c2cccc3c(Oc4ccc5ccccc5c4)ccc(c23)C1=O. The fourth-order valence-corrected chi connectivity index (χ4v) is 3.72. The topological polar surface area (TPSA) is 58.6 Å². The largest absolute Gasteiger partial charge is 0.457 e. The van der Waals surface area contributed by atoms with Crippen LogP contribution in [0, 0.1) is 0 Å². The third kappa shape index (κ3) is 2.37. The molecular weight excluding hydrogens is 352 g/mol. The maximum Gasteiger partial charge on any atom is 0.275 e. The minimum absolute atomic E-state index is 0.367. The van der Waals surface area contributed by atoms with E-state index in [-0.39, 0.29) is 11.8 Å². The molecule has 5 heteroatoms. The Hall–Kier alpha value is -3.70. The number of fused-ring (bicyclic) bond motifs is 1. The zero-order valence-corrected chi connectivity index (χ0v) is 15.1. The summed E-state index contributed by atoms with van der Waals surface area (Å²) >= 11 is 0. The van der Waals surface area contributed by atoms with Gasteiger partial charge in [-0.1, -0.05) is 42.5 Å². The monoisotopic (exact) mass is 368 g/mol. The number of imide groups is 1. The summed E-state index contributed by atoms with van der Waals surface area (Å²) in [6.45, 7) is 0. The molecule has 0 unspecified atom stereocenters. The first-order valence-electron chi connectivity index (χ1n) is 8.96. The lowest BCUT2D eigenvalue weighted by atomic mass is 9.94. The molecular formula is C23H16N2O3. The van der Waals surface area contributed by atoms with Gasteiger partial charge in [0.1, 0.15) is 11.5 Å². The van der Waals surface area contributed by atoms with Crippen molar-refractivity contribution in [3.8, 4) is 11.5 Å². The van der Waals surface area contributed by atoms with E-state index in [1.807, 2.05) is 48.5 Å². The number of nitrogens with one attached hydrogen (secondary N) is 1. The Labute approximate surface area is 161 Å². The van der Waals surface area contributed by atoms with Gasteiger partial charge in [-0.2, -0.15) is 0 Å². The predicted octanol–water partition coefficient (Wildman–Crippen LogP) is 4.52. The van der Waals surface area contributed by atoms with Crippen LogP contribution in [0.25, 0.3) is 21.5 Å². The van der Waals surface area contributed by atoms with Crippen molar-refractivity contribution < 1.29 is 14.3 Å². The summed E-state index contributed by atoms with van der Waals surface area (Å²) in [5.74, 6) is 0.570. The molecule has 0 saturated heterocycles. The van der Waals surface area contributed by atoms with Crippen molar-refractivity contribution in [2.45, 2.75) is 0 Å². The summed E-state index contributed by atoms with van der Waals surface area (Å²) in [4.78, 5) is 25.3. The first kappa shape index (κ1) is 16.5. The van der Waals surface area contributed by atoms with Gasteiger partial charge in [-0.3, -0.25) is 9.59 Å². The standard InChI is InChI=1S/C23H16N2O3/c1-24-25-22(26)18-8-4-7-17-20(12-11-19(21(17)18)23(25)27)28-16-10-9-14-5-2-3-6-15(14)13-16/h2-13,24H,1H3. The van der Waals surface area contributed by atoms with Gasteiger partial charge in [-0.05, 0) is 41.1 Å². The number of hydrogen-bond acceptors (Lipinski definition) is 4. The minimum Gasteiger partial charge on any atom is -0.457 e. The van der Waals surface area contributed by atoms with Crippen LogP contribution < -0.4 is 10.2 Å². The van der Waals surface area contributed by atoms with Crippen molar-refractivity contribution in [1.82, 2.24) is 10.4 Å². The van der Waals surface area contributed by atoms with Gasteiger partial charge < -0.3 is 4.74 Å². The number of hydrazine groups is 1. The first-order valence-corrected chi connectivity index (χ1v) is 8.96. The van der Waals surface area contributed by atoms with E-state index in [1.165, 1.54) is 0 Å². The van der Waals surface area contributed by atoms with Gasteiger partial charge in [0.15, 0.2) is 0 Å². The van der Waals surface area contributed by atoms with Crippen molar-refractivity contribution in [2.75, 3.05) is 7.05 Å². The highest BCUT2D eigenvalue weighted by Crippen LogP contribution is 2.37. The maximum atomic E-state index is 12.7. The zero-order chi connectivity index (χ0) is 19.3. The molecule has 0 radical (unpaired) electrons. The first-order chi connectivity index (χ1) is 13.7. The molecule has 1 heterocycles. The average Bonchev–Trinajstić information content (AvgIpc) is 2.73. The van der Waals surface area contributed by atoms with E-state index in [9.17, 15) is 9.59 Å². The summed E-state index contributed by atoms with van der Waals surface area (Å²) in [6, 6.07) is 22.8. The molecule has 136 valence electrons. The van der Waals surface area contributed by atoms with Crippen LogP contribution in [0.4, 0.5) is 0 Å². The Morgan fingerprint density at radius 1 is 0.786 bits per heavy atom. The second-order valence-electron chi connectivity index (χ2n) is 6.62. The number of carbonyl (C=O) groups excluding carboxylic acids is 2. The molecule has 1 aliphatic heterocycles. The average molecular weight is 368 g/mol. The van der Waals surface area contributed by atoms with Gasteiger partial charge in [0, 0.05) is 17.8 Å². The smallest absolute Gasteiger partial charge is 0.275 e. The van der Waals surface area contributed by atoms with Gasteiger partial charge in [0.05, 0.1) is 11.1 Å². The Morgan fingerprint density at radius 3 is 2.32 bits per heavy atom. The van der Waals surface area contributed by atoms with E-state index < -0.39 is 0 Å². The van der Waals surface area contributed by atoms with Crippen molar-refractivity contribution in [2.24, 2.45) is 0 Å². The molecule has 0 atom stereocenters. The lowest BCUT2D eigenvalue weighted by Gasteiger charge is -2.26. The molecule has 4 aromatic rings. The van der Waals surface area contributed by atoms with Crippen molar-refractivity contribution in [3.63, 3.8) is 0 Å². The second kappa shape index (κ2) is 6.18. The number of benzene rings is 4. The Morgan fingerprint density at radius 2 is 1.54 bits per heavy atom. The summed E-state index contributed by atoms with van der Waals surface area (Å²) < 4.78 is 6.15. The quantitative estimate of drug-likeness (QED) is 0.540. The number of rotatable bonds is 3. The molecule has 0 bridgehead atoms. The van der Waals surface area contributed by atoms with Gasteiger partial charge in [0.25, 0.3) is 11.8 Å². The van der Waals surface area contributed by atoms with Crippen LogP contribution >= 0.6 is 0 Å². The molecule has 4 aromatic carbocycles. The van der Waals surface area contributed by atoms with Crippen LogP contribution in [-0.2, 0) is 0 Å². The molecule has 1 N–H and O–H groups in total. The highest BCUT2D eigenvalue weighted by molar-refractivity contribution is 6.25. The molecule has 0 aromatic heterocycles. The van der Waals surface area contributed by atoms with E-state index >= 15 is 0 Å². The number of carbonyl (C=O) groups is 2. The van der Waals surface area contributed by atoms with E-state index in [0.29, 0.717) is 28.0 Å². The summed E-state index contributed by atoms with van der Waals surface area (Å²) in [7, 11) is 1.55. The highest BCUT2D eigenvalue weighted by atomic mass is 16.5. The van der Waals surface area contributed by atoms with Crippen LogP contribution in [-0.4, -0.2) is 23.9 Å². The fraction of sp³-hybridized carbons (Fsp3) is 0.0435. The van der Waals surface area contributed by atoms with E-state index in [4.69, 9.17) is 4.74 Å². The lowest BCUT2D eigenvalue weighted by molar-refractivity contribution is 0.0540. The van der Waals surface area contributed by atoms with Crippen LogP contribution in [0.1, 0.15) is 20.7 Å². The second-order valence-corrected chi connectivity index (χ2v) is 6.62. The molecule has 0 spiro atoms. The Kier molecular flexibility index (Phi) is 3.64. The van der Waals surface area contributed by atoms with Gasteiger partial charge >= 0.3 is 0 Å². The third-order valence-electron chi connectivity index (χ3n) is 5.04. The molecule has 5 rings (SSSR count). The third-order valence-corrected chi connectivity index (χ3v) is 5.04. The lowest BCUT2D eigenvalue weighted by Crippen LogP contribution is -2.47. The Balaban J connectivity index is 1.65. The van der Waals surface area contributed by atoms with E-state index in [1.54, 1.807) is 31.3 Å². The zero-order valence-electron chi connectivity index (χ0n) is 15.1. The minimum atomic E-state index is -0.367. The molecule has 0 saturated carbocycles. The highest BCUT2D eigenvalue weighted by Gasteiger charge is 2.32. The van der Waals surface area contributed by atoms with Crippen molar-refractivity contribution >= 4 is 33.4 Å². The summed E-state index contributed by atoms with van der Waals surface area (Å²) in [5, 5.41) is 4.61. The summed E-state index contributed by atoms with van der Waals surface area (Å²) in [6.07, 6.45) is 0. The van der Waals surface area contributed by atoms with Crippen LogP contribution in [0.2, 0.25) is 0 Å². The van der Waals surface area contributed by atoms with Gasteiger partial charge in [-0.25, -0.2) is 10.4 Å². The fourth-order valence-electron chi connectivity index (χ4n) is 3.72. The van der Waals surface area contributed by atoms with Gasteiger partial charge in [0.2, 0.25) is 0 Å². The Bertz CT molecular complexity index is 1260. The number of ether oxygens (including phenoxy) is 1. The van der Waals surface area contributed by atoms with E-state index in [0.717, 1.165) is 21.2 Å². The van der Waals surface area contributed by atoms with Crippen LogP contribution in [0.3, 0.4) is 0 Å². The normalized spacial score (nSPS) is 13.4. The van der Waals surface area contributed by atoms with Gasteiger partial charge in [-0.15, -0.1) is 0 Å². The van der Waals surface area contributed by atoms with Crippen molar-refractivity contribution in [1.29, 1.82) is 0 Å². The maximum absolute atomic E-state index is 12.7. The number of hydrogen-bond donors (Lipinski definition) is 1.